The minimum absolute atomic E-state index is 0.123. The second kappa shape index (κ2) is 6.15. The molecule has 0 unspecified atom stereocenters. The van der Waals surface area contributed by atoms with E-state index in [0.717, 1.165) is 11.3 Å². The summed E-state index contributed by atoms with van der Waals surface area (Å²) in [5.41, 5.74) is 7.98. The number of carbonyl (C=O) groups is 1. The molecular weight excluding hydrogens is 240 g/mol. The number of hydrogen-bond acceptors (Lipinski definition) is 3. The smallest absolute Gasteiger partial charge is 0.254 e. The van der Waals surface area contributed by atoms with Crippen LogP contribution in [0.25, 0.3) is 0 Å². The van der Waals surface area contributed by atoms with Crippen LogP contribution in [0.4, 0.5) is 0 Å². The van der Waals surface area contributed by atoms with Crippen molar-refractivity contribution in [3.8, 4) is 0 Å². The maximum atomic E-state index is 11.9. The van der Waals surface area contributed by atoms with E-state index < -0.39 is 0 Å². The van der Waals surface area contributed by atoms with Gasteiger partial charge in [-0.1, -0.05) is 30.3 Å². The van der Waals surface area contributed by atoms with Gasteiger partial charge in [-0.15, -0.1) is 0 Å². The lowest BCUT2D eigenvalue weighted by Gasteiger charge is -2.06. The maximum absolute atomic E-state index is 11.9. The van der Waals surface area contributed by atoms with Gasteiger partial charge < -0.3 is 11.1 Å². The molecule has 0 saturated heterocycles. The van der Waals surface area contributed by atoms with Crippen LogP contribution < -0.4 is 11.1 Å². The predicted molar refractivity (Wildman–Crippen MR) is 73.9 cm³/mol. The van der Waals surface area contributed by atoms with Gasteiger partial charge in [0.2, 0.25) is 0 Å². The van der Waals surface area contributed by atoms with Gasteiger partial charge in [-0.3, -0.25) is 9.48 Å². The molecular formula is C14H18N4O. The Balaban J connectivity index is 2.12. The van der Waals surface area contributed by atoms with Gasteiger partial charge in [0.25, 0.3) is 5.91 Å². The topological polar surface area (TPSA) is 72.9 Å². The molecule has 0 bridgehead atoms. The third-order valence-corrected chi connectivity index (χ3v) is 2.95. The Morgan fingerprint density at radius 1 is 1.37 bits per heavy atom. The lowest BCUT2D eigenvalue weighted by Crippen LogP contribution is -2.29. The zero-order valence-corrected chi connectivity index (χ0v) is 11.0. The number of aromatic nitrogens is 2. The van der Waals surface area contributed by atoms with Gasteiger partial charge in [0.15, 0.2) is 0 Å². The molecule has 0 aliphatic carbocycles. The lowest BCUT2D eigenvalue weighted by molar-refractivity contribution is 0.0954. The fourth-order valence-corrected chi connectivity index (χ4v) is 1.87. The molecule has 1 heterocycles. The van der Waals surface area contributed by atoms with Gasteiger partial charge in [0, 0.05) is 18.8 Å². The van der Waals surface area contributed by atoms with Crippen molar-refractivity contribution >= 4 is 5.91 Å². The number of benzene rings is 1. The third-order valence-electron chi connectivity index (χ3n) is 2.95. The molecule has 5 heteroatoms. The quantitative estimate of drug-likeness (QED) is 0.838. The molecule has 0 aliphatic rings. The fourth-order valence-electron chi connectivity index (χ4n) is 1.87. The largest absolute Gasteiger partial charge is 0.351 e. The molecule has 0 spiro atoms. The van der Waals surface area contributed by atoms with Crippen LogP contribution in [0, 0.1) is 6.92 Å². The predicted octanol–water partition coefficient (Wildman–Crippen LogP) is 0.928. The highest BCUT2D eigenvalue weighted by Gasteiger charge is 2.13. The zero-order valence-electron chi connectivity index (χ0n) is 11.0. The average molecular weight is 258 g/mol. The second-order valence-electron chi connectivity index (χ2n) is 4.33. The van der Waals surface area contributed by atoms with Crippen LogP contribution in [0.5, 0.6) is 0 Å². The van der Waals surface area contributed by atoms with E-state index in [1.54, 1.807) is 6.20 Å². The summed E-state index contributed by atoms with van der Waals surface area (Å²) < 4.78 is 1.83. The Kier molecular flexibility index (Phi) is 4.30. The van der Waals surface area contributed by atoms with E-state index in [1.165, 1.54) is 0 Å². The molecule has 19 heavy (non-hydrogen) atoms. The maximum Gasteiger partial charge on any atom is 0.254 e. The number of rotatable bonds is 5. The monoisotopic (exact) mass is 258 g/mol. The second-order valence-corrected chi connectivity index (χ2v) is 4.33. The van der Waals surface area contributed by atoms with Crippen molar-refractivity contribution in [3.05, 3.63) is 53.3 Å². The van der Waals surface area contributed by atoms with E-state index in [4.69, 9.17) is 5.73 Å². The van der Waals surface area contributed by atoms with Crippen molar-refractivity contribution in [3.63, 3.8) is 0 Å². The fraction of sp³-hybridized carbons (Fsp3) is 0.286. The molecule has 2 aromatic rings. The van der Waals surface area contributed by atoms with Crippen LogP contribution in [0.15, 0.2) is 36.5 Å². The third kappa shape index (κ3) is 3.20. The summed E-state index contributed by atoms with van der Waals surface area (Å²) in [7, 11) is 0. The molecule has 3 N–H and O–H groups in total. The van der Waals surface area contributed by atoms with E-state index in [1.807, 2.05) is 41.9 Å². The van der Waals surface area contributed by atoms with E-state index in [-0.39, 0.29) is 5.91 Å². The summed E-state index contributed by atoms with van der Waals surface area (Å²) in [6.45, 7) is 3.47. The number of carbonyl (C=O) groups excluding carboxylic acids is 1. The highest BCUT2D eigenvalue weighted by Crippen LogP contribution is 2.10. The molecule has 1 aromatic carbocycles. The van der Waals surface area contributed by atoms with Crippen molar-refractivity contribution < 1.29 is 4.79 Å². The first-order valence-electron chi connectivity index (χ1n) is 6.27. The summed E-state index contributed by atoms with van der Waals surface area (Å²) in [4.78, 5) is 11.9. The van der Waals surface area contributed by atoms with Gasteiger partial charge in [-0.2, -0.15) is 5.10 Å². The first-order chi connectivity index (χ1) is 9.22. The van der Waals surface area contributed by atoms with E-state index in [2.05, 4.69) is 10.4 Å². The highest BCUT2D eigenvalue weighted by atomic mass is 16.1. The molecule has 2 rings (SSSR count). The van der Waals surface area contributed by atoms with Gasteiger partial charge in [-0.05, 0) is 12.5 Å². The minimum atomic E-state index is -0.123. The van der Waals surface area contributed by atoms with E-state index in [9.17, 15) is 4.79 Å². The number of hydrogen-bond donors (Lipinski definition) is 2. The molecule has 0 aliphatic heterocycles. The van der Waals surface area contributed by atoms with Crippen LogP contribution >= 0.6 is 0 Å². The average Bonchev–Trinajstić information content (AvgIpc) is 2.79. The molecule has 100 valence electrons. The first kappa shape index (κ1) is 13.3. The molecule has 0 radical (unpaired) electrons. The molecule has 1 amide bonds. The van der Waals surface area contributed by atoms with Crippen molar-refractivity contribution in [2.24, 2.45) is 5.73 Å². The first-order valence-corrected chi connectivity index (χ1v) is 6.27. The van der Waals surface area contributed by atoms with Crippen LogP contribution in [-0.4, -0.2) is 28.8 Å². The van der Waals surface area contributed by atoms with Gasteiger partial charge in [0.05, 0.1) is 18.3 Å². The van der Waals surface area contributed by atoms with Gasteiger partial charge in [0.1, 0.15) is 0 Å². The number of nitrogens with one attached hydrogen (secondary N) is 1. The van der Waals surface area contributed by atoms with Crippen molar-refractivity contribution in [2.45, 2.75) is 13.5 Å². The molecule has 0 fully saturated rings. The van der Waals surface area contributed by atoms with E-state index >= 15 is 0 Å². The molecule has 5 nitrogen and oxygen atoms in total. The van der Waals surface area contributed by atoms with Crippen LogP contribution in [0.3, 0.4) is 0 Å². The Hall–Kier alpha value is -2.14. The Morgan fingerprint density at radius 2 is 2.11 bits per heavy atom. The Morgan fingerprint density at radius 3 is 2.79 bits per heavy atom. The minimum Gasteiger partial charge on any atom is -0.351 e. The standard InChI is InChI=1S/C14H18N4O/c1-11-13(14(19)16-8-7-15)9-17-18(11)10-12-5-3-2-4-6-12/h2-6,9H,7-8,10,15H2,1H3,(H,16,19). The van der Waals surface area contributed by atoms with Crippen LogP contribution in [0.2, 0.25) is 0 Å². The highest BCUT2D eigenvalue weighted by molar-refractivity contribution is 5.95. The SMILES string of the molecule is Cc1c(C(=O)NCCN)cnn1Cc1ccccc1. The van der Waals surface area contributed by atoms with E-state index in [0.29, 0.717) is 25.2 Å². The molecule has 1 aromatic heterocycles. The van der Waals surface area contributed by atoms with Gasteiger partial charge in [-0.25, -0.2) is 0 Å². The number of nitrogens with zero attached hydrogens (tertiary/aromatic N) is 2. The number of amides is 1. The van der Waals surface area contributed by atoms with Crippen LogP contribution in [-0.2, 0) is 6.54 Å². The van der Waals surface area contributed by atoms with Crippen molar-refractivity contribution in [1.82, 2.24) is 15.1 Å². The summed E-state index contributed by atoms with van der Waals surface area (Å²) >= 11 is 0. The normalized spacial score (nSPS) is 10.4. The summed E-state index contributed by atoms with van der Waals surface area (Å²) in [5.74, 6) is -0.123. The molecule has 0 atom stereocenters. The van der Waals surface area contributed by atoms with Crippen molar-refractivity contribution in [2.75, 3.05) is 13.1 Å². The zero-order chi connectivity index (χ0) is 13.7. The Labute approximate surface area is 112 Å². The summed E-state index contributed by atoms with van der Waals surface area (Å²) in [6, 6.07) is 10.0. The lowest BCUT2D eigenvalue weighted by atomic mass is 10.2. The van der Waals surface area contributed by atoms with Gasteiger partial charge >= 0.3 is 0 Å². The molecule has 0 saturated carbocycles. The summed E-state index contributed by atoms with van der Waals surface area (Å²) in [5, 5.41) is 7.01. The summed E-state index contributed by atoms with van der Waals surface area (Å²) in [6.07, 6.45) is 1.60. The van der Waals surface area contributed by atoms with Crippen LogP contribution in [0.1, 0.15) is 21.6 Å². The Bertz CT molecular complexity index is 548. The number of nitrogens with two attached hydrogens (primary N) is 1. The van der Waals surface area contributed by atoms with Crippen molar-refractivity contribution in [1.29, 1.82) is 0 Å².